The average Bonchev–Trinajstić information content (AvgIpc) is 3.02. The number of quaternary nitrogens is 1. The van der Waals surface area contributed by atoms with Crippen LogP contribution in [0.5, 0.6) is 0 Å². The molecule has 0 aliphatic carbocycles. The lowest BCUT2D eigenvalue weighted by atomic mass is 10.0. The summed E-state index contributed by atoms with van der Waals surface area (Å²) in [6.07, 6.45) is 0. The number of aromatic nitrogens is 1. The molecule has 1 amide bonds. The Bertz CT molecular complexity index is 973. The Hall–Kier alpha value is -2.92. The third kappa shape index (κ3) is 3.78. The molecule has 2 aromatic carbocycles. The number of rotatable bonds is 6. The number of carbonyl (C=O) groups is 2. The van der Waals surface area contributed by atoms with Crippen LogP contribution in [0.3, 0.4) is 0 Å². The van der Waals surface area contributed by atoms with Crippen LogP contribution in [0.2, 0.25) is 0 Å². The summed E-state index contributed by atoms with van der Waals surface area (Å²) in [5.74, 6) is 0.0463. The zero-order chi connectivity index (χ0) is 19.6. The average molecular weight is 364 g/mol. The third-order valence-electron chi connectivity index (χ3n) is 5.20. The van der Waals surface area contributed by atoms with Crippen molar-refractivity contribution in [3.05, 3.63) is 70.9 Å². The van der Waals surface area contributed by atoms with Gasteiger partial charge in [0.05, 0.1) is 12.6 Å². The molecule has 5 nitrogen and oxygen atoms in total. The Labute approximate surface area is 159 Å². The van der Waals surface area contributed by atoms with Crippen LogP contribution in [0.25, 0.3) is 10.9 Å². The number of para-hydroxylation sites is 1. The lowest BCUT2D eigenvalue weighted by Gasteiger charge is -2.21. The lowest BCUT2D eigenvalue weighted by molar-refractivity contribution is -0.907. The molecule has 0 aliphatic rings. The summed E-state index contributed by atoms with van der Waals surface area (Å²) in [6, 6.07) is 15.3. The van der Waals surface area contributed by atoms with Crippen LogP contribution in [0.1, 0.15) is 38.9 Å². The largest absolute Gasteiger partial charge is 0.358 e. The second kappa shape index (κ2) is 7.76. The normalized spacial score (nSPS) is 13.3. The number of nitrogens with one attached hydrogen (secondary N) is 3. The van der Waals surface area contributed by atoms with Gasteiger partial charge in [-0.25, -0.2) is 0 Å². The van der Waals surface area contributed by atoms with Gasteiger partial charge in [0.2, 0.25) is 5.78 Å². The minimum atomic E-state index is -0.179. The fourth-order valence-electron chi connectivity index (χ4n) is 3.43. The number of benzene rings is 2. The first-order valence-electron chi connectivity index (χ1n) is 9.17. The quantitative estimate of drug-likeness (QED) is 0.587. The number of aryl methyl sites for hydroxylation is 1. The van der Waals surface area contributed by atoms with Crippen molar-refractivity contribution in [3.8, 4) is 0 Å². The third-order valence-corrected chi connectivity index (χ3v) is 5.20. The highest BCUT2D eigenvalue weighted by Crippen LogP contribution is 2.22. The topological polar surface area (TPSA) is 66.4 Å². The number of aromatic amines is 1. The SMILES string of the molecule is CNC(=O)c1ccc(C[NH+](C)[C@@H](C)C(=O)c2c(C)[nH]c3ccccc23)cc1. The van der Waals surface area contributed by atoms with Gasteiger partial charge in [-0.3, -0.25) is 9.59 Å². The van der Waals surface area contributed by atoms with E-state index in [1.165, 1.54) is 0 Å². The Balaban J connectivity index is 1.76. The van der Waals surface area contributed by atoms with Crippen LogP contribution in [-0.4, -0.2) is 36.8 Å². The molecule has 1 heterocycles. The first-order valence-corrected chi connectivity index (χ1v) is 9.17. The summed E-state index contributed by atoms with van der Waals surface area (Å²) >= 11 is 0. The molecule has 3 aromatic rings. The Morgan fingerprint density at radius 3 is 2.44 bits per heavy atom. The number of carbonyl (C=O) groups excluding carboxylic acids is 2. The number of amides is 1. The van der Waals surface area contributed by atoms with E-state index in [0.717, 1.165) is 32.6 Å². The van der Waals surface area contributed by atoms with E-state index < -0.39 is 0 Å². The van der Waals surface area contributed by atoms with Gasteiger partial charge in [0.1, 0.15) is 12.6 Å². The van der Waals surface area contributed by atoms with Crippen molar-refractivity contribution in [2.75, 3.05) is 14.1 Å². The number of hydrogen-bond donors (Lipinski definition) is 3. The first-order chi connectivity index (χ1) is 12.9. The van der Waals surface area contributed by atoms with Gasteiger partial charge in [0.25, 0.3) is 5.91 Å². The molecule has 2 atom stereocenters. The Morgan fingerprint density at radius 1 is 1.11 bits per heavy atom. The van der Waals surface area contributed by atoms with Crippen molar-refractivity contribution in [2.45, 2.75) is 26.4 Å². The summed E-state index contributed by atoms with van der Waals surface area (Å²) in [4.78, 5) is 29.2. The Morgan fingerprint density at radius 2 is 1.78 bits per heavy atom. The fourth-order valence-corrected chi connectivity index (χ4v) is 3.43. The van der Waals surface area contributed by atoms with E-state index in [2.05, 4.69) is 10.3 Å². The molecular weight excluding hydrogens is 338 g/mol. The lowest BCUT2D eigenvalue weighted by Crippen LogP contribution is -3.12. The van der Waals surface area contributed by atoms with Crippen molar-refractivity contribution in [2.24, 2.45) is 0 Å². The molecule has 0 fully saturated rings. The summed E-state index contributed by atoms with van der Waals surface area (Å²) in [5, 5.41) is 3.60. The zero-order valence-corrected chi connectivity index (χ0v) is 16.2. The van der Waals surface area contributed by atoms with Crippen molar-refractivity contribution in [1.29, 1.82) is 0 Å². The minimum absolute atomic E-state index is 0.0967. The highest BCUT2D eigenvalue weighted by molar-refractivity contribution is 6.10. The maximum Gasteiger partial charge on any atom is 0.251 e. The van der Waals surface area contributed by atoms with Crippen LogP contribution >= 0.6 is 0 Å². The minimum Gasteiger partial charge on any atom is -0.358 e. The van der Waals surface area contributed by atoms with E-state index >= 15 is 0 Å². The van der Waals surface area contributed by atoms with E-state index in [9.17, 15) is 9.59 Å². The molecule has 3 N–H and O–H groups in total. The molecular formula is C22H26N3O2+. The van der Waals surface area contributed by atoms with Gasteiger partial charge in [-0.1, -0.05) is 30.3 Å². The van der Waals surface area contributed by atoms with E-state index in [-0.39, 0.29) is 17.7 Å². The number of H-pyrrole nitrogens is 1. The molecule has 0 saturated heterocycles. The van der Waals surface area contributed by atoms with Crippen molar-refractivity contribution >= 4 is 22.6 Å². The van der Waals surface area contributed by atoms with E-state index in [0.29, 0.717) is 12.1 Å². The monoisotopic (exact) mass is 364 g/mol. The number of hydrogen-bond acceptors (Lipinski definition) is 2. The van der Waals surface area contributed by atoms with E-state index in [1.54, 1.807) is 7.05 Å². The van der Waals surface area contributed by atoms with Crippen molar-refractivity contribution < 1.29 is 14.5 Å². The second-order valence-electron chi connectivity index (χ2n) is 7.06. The number of Topliss-reactive ketones (excluding diaryl/α,β-unsaturated/α-hetero) is 1. The molecule has 1 unspecified atom stereocenters. The molecule has 0 bridgehead atoms. The molecule has 1 aromatic heterocycles. The molecule has 0 saturated carbocycles. The van der Waals surface area contributed by atoms with Gasteiger partial charge >= 0.3 is 0 Å². The highest BCUT2D eigenvalue weighted by Gasteiger charge is 2.27. The molecule has 0 aliphatic heterocycles. The maximum absolute atomic E-state index is 13.2. The Kier molecular flexibility index (Phi) is 5.42. The highest BCUT2D eigenvalue weighted by atomic mass is 16.1. The summed E-state index contributed by atoms with van der Waals surface area (Å²) in [5.41, 5.74) is 4.42. The van der Waals surface area contributed by atoms with Gasteiger partial charge in [-0.15, -0.1) is 0 Å². The predicted octanol–water partition coefficient (Wildman–Crippen LogP) is 2.12. The molecule has 0 spiro atoms. The molecule has 140 valence electrons. The standard InChI is InChI=1S/C22H25N3O2/c1-14-20(18-7-5-6-8-19(18)24-14)21(26)15(2)25(4)13-16-9-11-17(12-10-16)22(27)23-3/h5-12,15,24H,13H2,1-4H3,(H,23,27)/p+1/t15-/m0/s1. The van der Waals surface area contributed by atoms with Crippen LogP contribution in [0.4, 0.5) is 0 Å². The van der Waals surface area contributed by atoms with Crippen LogP contribution in [0, 0.1) is 6.92 Å². The van der Waals surface area contributed by atoms with E-state index in [4.69, 9.17) is 0 Å². The fraction of sp³-hybridized carbons (Fsp3) is 0.273. The van der Waals surface area contributed by atoms with Gasteiger partial charge in [-0.2, -0.15) is 0 Å². The van der Waals surface area contributed by atoms with Crippen LogP contribution in [-0.2, 0) is 6.54 Å². The van der Waals surface area contributed by atoms with E-state index in [1.807, 2.05) is 69.4 Å². The predicted molar refractivity (Wildman–Crippen MR) is 107 cm³/mol. The molecule has 5 heteroatoms. The van der Waals surface area contributed by atoms with Gasteiger partial charge in [0, 0.05) is 34.8 Å². The van der Waals surface area contributed by atoms with Gasteiger partial charge in [-0.05, 0) is 32.0 Å². The summed E-state index contributed by atoms with van der Waals surface area (Å²) in [7, 11) is 3.65. The summed E-state index contributed by atoms with van der Waals surface area (Å²) < 4.78 is 0. The van der Waals surface area contributed by atoms with Crippen molar-refractivity contribution in [3.63, 3.8) is 0 Å². The molecule has 27 heavy (non-hydrogen) atoms. The number of likely N-dealkylation sites (N-methyl/N-ethyl adjacent to an activating group) is 1. The summed E-state index contributed by atoms with van der Waals surface area (Å²) in [6.45, 7) is 4.63. The number of fused-ring (bicyclic) bond motifs is 1. The first kappa shape index (κ1) is 18.9. The molecule has 0 radical (unpaired) electrons. The van der Waals surface area contributed by atoms with Gasteiger partial charge < -0.3 is 15.2 Å². The molecule has 3 rings (SSSR count). The zero-order valence-electron chi connectivity index (χ0n) is 16.2. The maximum atomic E-state index is 13.2. The van der Waals surface area contributed by atoms with Gasteiger partial charge in [0.15, 0.2) is 0 Å². The number of ketones is 1. The van der Waals surface area contributed by atoms with Crippen LogP contribution in [0.15, 0.2) is 48.5 Å². The smallest absolute Gasteiger partial charge is 0.251 e. The second-order valence-corrected chi connectivity index (χ2v) is 7.06. The van der Waals surface area contributed by atoms with Crippen LogP contribution < -0.4 is 10.2 Å². The van der Waals surface area contributed by atoms with Crippen molar-refractivity contribution in [1.82, 2.24) is 10.3 Å².